The summed E-state index contributed by atoms with van der Waals surface area (Å²) >= 11 is 0. The molecule has 3 rings (SSSR count). The molecule has 7 nitrogen and oxygen atoms in total. The Hall–Kier alpha value is -2.79. The second-order valence-corrected chi connectivity index (χ2v) is 6.44. The zero-order valence-corrected chi connectivity index (χ0v) is 16.2. The molecule has 1 aliphatic rings. The minimum atomic E-state index is -4.81. The van der Waals surface area contributed by atoms with E-state index in [0.717, 1.165) is 6.07 Å². The summed E-state index contributed by atoms with van der Waals surface area (Å²) in [7, 11) is 1.23. The topological polar surface area (TPSA) is 82.6 Å². The van der Waals surface area contributed by atoms with Gasteiger partial charge in [-0.1, -0.05) is 12.1 Å². The van der Waals surface area contributed by atoms with Gasteiger partial charge in [0, 0.05) is 12.1 Å². The molecule has 1 saturated heterocycles. The first-order valence-electron chi connectivity index (χ1n) is 8.96. The van der Waals surface area contributed by atoms with E-state index in [0.29, 0.717) is 30.7 Å². The molecule has 1 aromatic carbocycles. The van der Waals surface area contributed by atoms with Crippen LogP contribution in [-0.2, 0) is 38.1 Å². The van der Waals surface area contributed by atoms with Gasteiger partial charge in [0.2, 0.25) is 0 Å². The second-order valence-electron chi connectivity index (χ2n) is 6.44. The Kier molecular flexibility index (Phi) is 6.52. The number of aryl methyl sites for hydroxylation is 1. The van der Waals surface area contributed by atoms with E-state index in [1.165, 1.54) is 13.2 Å². The molecule has 1 N–H and O–H groups in total. The summed E-state index contributed by atoms with van der Waals surface area (Å²) < 4.78 is 68.9. The summed E-state index contributed by atoms with van der Waals surface area (Å²) in [5, 5.41) is 2.83. The number of aromatic nitrogens is 2. The summed E-state index contributed by atoms with van der Waals surface area (Å²) in [4.78, 5) is 20.3. The average molecular weight is 429 g/mol. The smallest absolute Gasteiger partial charge is 0.419 e. The van der Waals surface area contributed by atoms with Crippen LogP contribution in [0.2, 0.25) is 0 Å². The third kappa shape index (κ3) is 4.85. The second kappa shape index (κ2) is 8.92. The largest absolute Gasteiger partial charge is 0.469 e. The predicted molar refractivity (Wildman–Crippen MR) is 95.9 cm³/mol. The first kappa shape index (κ1) is 21.9. The minimum Gasteiger partial charge on any atom is -0.469 e. The van der Waals surface area contributed by atoms with Crippen LogP contribution in [0.3, 0.4) is 0 Å². The molecule has 2 heterocycles. The molecule has 2 aromatic rings. The van der Waals surface area contributed by atoms with Crippen molar-refractivity contribution in [1.82, 2.24) is 9.97 Å². The number of methoxy groups -OCH3 is 1. The van der Waals surface area contributed by atoms with E-state index in [2.05, 4.69) is 20.0 Å². The van der Waals surface area contributed by atoms with Crippen LogP contribution in [0.5, 0.6) is 0 Å². The fourth-order valence-electron chi connectivity index (χ4n) is 3.00. The van der Waals surface area contributed by atoms with Crippen LogP contribution in [0.4, 0.5) is 23.4 Å². The van der Waals surface area contributed by atoms with Crippen molar-refractivity contribution >= 4 is 11.8 Å². The molecule has 0 spiro atoms. The zero-order chi connectivity index (χ0) is 21.9. The van der Waals surface area contributed by atoms with Crippen molar-refractivity contribution in [3.05, 3.63) is 52.2 Å². The maximum Gasteiger partial charge on any atom is 0.419 e. The van der Waals surface area contributed by atoms with Crippen molar-refractivity contribution in [1.29, 1.82) is 0 Å². The molecule has 0 atom stereocenters. The van der Waals surface area contributed by atoms with Gasteiger partial charge in [-0.25, -0.2) is 14.4 Å². The lowest BCUT2D eigenvalue weighted by Crippen LogP contribution is -2.18. The number of anilines is 1. The lowest BCUT2D eigenvalue weighted by Gasteiger charge is -2.19. The lowest BCUT2D eigenvalue weighted by atomic mass is 10.1. The van der Waals surface area contributed by atoms with Gasteiger partial charge in [-0.15, -0.1) is 0 Å². The average Bonchev–Trinajstić information content (AvgIpc) is 3.20. The van der Waals surface area contributed by atoms with E-state index in [9.17, 15) is 22.4 Å². The number of hydrogen-bond acceptors (Lipinski definition) is 7. The molecular weight excluding hydrogens is 410 g/mol. The number of hydrogen-bond donors (Lipinski definition) is 1. The zero-order valence-electron chi connectivity index (χ0n) is 16.2. The Morgan fingerprint density at radius 2 is 1.97 bits per heavy atom. The van der Waals surface area contributed by atoms with Gasteiger partial charge in [-0.05, 0) is 13.0 Å². The number of esters is 1. The summed E-state index contributed by atoms with van der Waals surface area (Å²) in [6.07, 6.45) is -5.87. The Morgan fingerprint density at radius 3 is 2.60 bits per heavy atom. The summed E-state index contributed by atoms with van der Waals surface area (Å²) in [6, 6.07) is 3.04. The molecule has 1 aromatic heterocycles. The monoisotopic (exact) mass is 429 g/mol. The van der Waals surface area contributed by atoms with Crippen molar-refractivity contribution in [2.75, 3.05) is 25.6 Å². The predicted octanol–water partition coefficient (Wildman–Crippen LogP) is 3.32. The van der Waals surface area contributed by atoms with Gasteiger partial charge >= 0.3 is 12.1 Å². The lowest BCUT2D eigenvalue weighted by molar-refractivity contribution is -0.140. The van der Waals surface area contributed by atoms with E-state index in [4.69, 9.17) is 9.47 Å². The highest BCUT2D eigenvalue weighted by Gasteiger charge is 2.35. The quantitative estimate of drug-likeness (QED) is 0.557. The maximum atomic E-state index is 14.3. The number of nitrogens with zero attached hydrogens (tertiary/aromatic N) is 2. The number of halogens is 4. The number of rotatable bonds is 6. The van der Waals surface area contributed by atoms with Crippen molar-refractivity contribution < 1.29 is 36.6 Å². The molecule has 0 radical (unpaired) electrons. The van der Waals surface area contributed by atoms with Gasteiger partial charge in [0.05, 0.1) is 43.6 Å². The number of benzene rings is 1. The SMILES string of the molecule is COC(=O)Cc1nc(C)nc(NCc2cccc(C(F)(F)F)c2F)c1C1OCCO1. The molecule has 0 bridgehead atoms. The van der Waals surface area contributed by atoms with Crippen molar-refractivity contribution in [2.24, 2.45) is 0 Å². The molecular formula is C19H19F4N3O4. The van der Waals surface area contributed by atoms with Gasteiger partial charge in [-0.3, -0.25) is 4.79 Å². The first-order valence-corrected chi connectivity index (χ1v) is 8.96. The van der Waals surface area contributed by atoms with Crippen LogP contribution < -0.4 is 5.32 Å². The van der Waals surface area contributed by atoms with Crippen molar-refractivity contribution in [3.63, 3.8) is 0 Å². The Bertz CT molecular complexity index is 931. The van der Waals surface area contributed by atoms with E-state index < -0.39 is 29.8 Å². The normalized spacial score (nSPS) is 14.7. The van der Waals surface area contributed by atoms with Crippen molar-refractivity contribution in [2.45, 2.75) is 32.4 Å². The molecule has 162 valence electrons. The Balaban J connectivity index is 1.95. The van der Waals surface area contributed by atoms with Crippen LogP contribution in [0.25, 0.3) is 0 Å². The van der Waals surface area contributed by atoms with Crippen molar-refractivity contribution in [3.8, 4) is 0 Å². The highest BCUT2D eigenvalue weighted by Crippen LogP contribution is 2.34. The van der Waals surface area contributed by atoms with Gasteiger partial charge in [0.25, 0.3) is 0 Å². The van der Waals surface area contributed by atoms with E-state index in [1.807, 2.05) is 0 Å². The van der Waals surface area contributed by atoms with E-state index >= 15 is 0 Å². The number of ether oxygens (including phenoxy) is 3. The summed E-state index contributed by atoms with van der Waals surface area (Å²) in [6.45, 7) is 1.90. The Labute approximate surface area is 169 Å². The van der Waals surface area contributed by atoms with E-state index in [1.54, 1.807) is 6.92 Å². The molecule has 11 heteroatoms. The van der Waals surface area contributed by atoms with Crippen LogP contribution in [0, 0.1) is 12.7 Å². The molecule has 1 fully saturated rings. The molecule has 0 amide bonds. The van der Waals surface area contributed by atoms with Gasteiger partial charge in [0.15, 0.2) is 6.29 Å². The van der Waals surface area contributed by atoms with E-state index in [-0.39, 0.29) is 30.0 Å². The number of alkyl halides is 3. The van der Waals surface area contributed by atoms with Crippen LogP contribution in [0.15, 0.2) is 18.2 Å². The highest BCUT2D eigenvalue weighted by atomic mass is 19.4. The fraction of sp³-hybridized carbons (Fsp3) is 0.421. The molecule has 30 heavy (non-hydrogen) atoms. The standard InChI is InChI=1S/C19H19F4N3O4/c1-10-25-13(8-14(27)28-2)15(18-29-6-7-30-18)17(26-10)24-9-11-4-3-5-12(16(11)20)19(21,22)23/h3-5,18H,6-9H2,1-2H3,(H,24,25,26). The minimum absolute atomic E-state index is 0.171. The number of carbonyl (C=O) groups excluding carboxylic acids is 1. The molecule has 0 aliphatic carbocycles. The summed E-state index contributed by atoms with van der Waals surface area (Å²) in [5.41, 5.74) is -0.950. The first-order chi connectivity index (χ1) is 14.2. The van der Waals surface area contributed by atoms with Crippen LogP contribution >= 0.6 is 0 Å². The Morgan fingerprint density at radius 1 is 1.27 bits per heavy atom. The van der Waals surface area contributed by atoms with Crippen LogP contribution in [0.1, 0.15) is 34.5 Å². The number of nitrogens with one attached hydrogen (secondary N) is 1. The van der Waals surface area contributed by atoms with Crippen LogP contribution in [-0.4, -0.2) is 36.3 Å². The van der Waals surface area contributed by atoms with Gasteiger partial charge in [0.1, 0.15) is 17.5 Å². The van der Waals surface area contributed by atoms with Gasteiger partial charge in [-0.2, -0.15) is 13.2 Å². The van der Waals surface area contributed by atoms with Gasteiger partial charge < -0.3 is 19.5 Å². The molecule has 0 saturated carbocycles. The fourth-order valence-corrected chi connectivity index (χ4v) is 3.00. The third-order valence-corrected chi connectivity index (χ3v) is 4.36. The summed E-state index contributed by atoms with van der Waals surface area (Å²) in [5.74, 6) is -1.46. The molecule has 1 aliphatic heterocycles. The third-order valence-electron chi connectivity index (χ3n) is 4.36. The highest BCUT2D eigenvalue weighted by molar-refractivity contribution is 5.73. The number of carbonyl (C=O) groups is 1. The molecule has 0 unspecified atom stereocenters. The maximum absolute atomic E-state index is 14.3.